The van der Waals surface area contributed by atoms with E-state index in [0.717, 1.165) is 17.5 Å². The van der Waals surface area contributed by atoms with Gasteiger partial charge in [0.15, 0.2) is 0 Å². The van der Waals surface area contributed by atoms with Crippen LogP contribution in [0.3, 0.4) is 0 Å². The lowest BCUT2D eigenvalue weighted by atomic mass is 9.75. The number of nitrogens with zero attached hydrogens (tertiary/aromatic N) is 4. The molecule has 5 rings (SSSR count). The fourth-order valence-electron chi connectivity index (χ4n) is 4.96. The van der Waals surface area contributed by atoms with Crippen LogP contribution in [0.5, 0.6) is 0 Å². The van der Waals surface area contributed by atoms with E-state index in [1.165, 1.54) is 0 Å². The van der Waals surface area contributed by atoms with Gasteiger partial charge in [-0.1, -0.05) is 18.2 Å². The molecule has 0 atom stereocenters. The summed E-state index contributed by atoms with van der Waals surface area (Å²) in [5.41, 5.74) is 7.31. The summed E-state index contributed by atoms with van der Waals surface area (Å²) >= 11 is 0. The molecule has 2 fully saturated rings. The van der Waals surface area contributed by atoms with E-state index in [0.29, 0.717) is 54.9 Å². The molecule has 1 aromatic carbocycles. The van der Waals surface area contributed by atoms with Gasteiger partial charge in [0.1, 0.15) is 17.2 Å². The Labute approximate surface area is 217 Å². The first kappa shape index (κ1) is 26.1. The highest BCUT2D eigenvalue weighted by Crippen LogP contribution is 2.39. The summed E-state index contributed by atoms with van der Waals surface area (Å²) in [7, 11) is 3.47. The van der Waals surface area contributed by atoms with Crippen LogP contribution in [0.15, 0.2) is 35.3 Å². The van der Waals surface area contributed by atoms with Crippen molar-refractivity contribution in [3.8, 4) is 11.3 Å². The lowest BCUT2D eigenvalue weighted by Gasteiger charge is -2.42. The van der Waals surface area contributed by atoms with Crippen molar-refractivity contribution in [3.05, 3.63) is 47.3 Å². The average molecular weight is 531 g/mol. The van der Waals surface area contributed by atoms with Crippen molar-refractivity contribution < 1.29 is 22.7 Å². The number of fused-ring (bicyclic) bond motifs is 1. The largest absolute Gasteiger partial charge is 0.433 e. The van der Waals surface area contributed by atoms with Crippen molar-refractivity contribution in [2.75, 3.05) is 46.9 Å². The molecule has 0 aliphatic carbocycles. The summed E-state index contributed by atoms with van der Waals surface area (Å²) in [4.78, 5) is 21.8. The number of hydrogen-bond donors (Lipinski definition) is 4. The molecular weight excluding hydrogens is 501 g/mol. The monoisotopic (exact) mass is 530 g/mol. The van der Waals surface area contributed by atoms with Gasteiger partial charge < -0.3 is 15.5 Å². The maximum atomic E-state index is 13.9. The molecule has 3 aromatic rings. The number of benzene rings is 1. The lowest BCUT2D eigenvalue weighted by molar-refractivity contribution is -0.141. The number of hydrazine groups is 1. The van der Waals surface area contributed by atoms with Crippen LogP contribution in [-0.4, -0.2) is 78.8 Å². The number of carbonyl (C=O) groups excluding carboxylic acids is 1. The van der Waals surface area contributed by atoms with Crippen molar-refractivity contribution in [1.82, 2.24) is 36.2 Å². The minimum atomic E-state index is -4.64. The number of piperazine rings is 1. The standard InChI is InChI=1S/C25H29F3N8O2/c1-29-20(33-30-2)10-24(13-38-14-24)16-5-3-4-15(8-16)22-17-9-19(25(26,27)28)32-18(23(17)35-34-22)11-36-7-6-31-21(37)12-36/h3-5,8-9,30H,6-7,10-14H2,1-2H3,(H,29,33)(H,31,37)(H,34,35). The number of pyridine rings is 1. The SMILES string of the molecule is CN=C(CC1(c2cccc(-c3n[nH]c4c(CN5CCNC(=O)C5)nc(C(F)(F)F)cc34)c2)COC1)NNC. The van der Waals surface area contributed by atoms with Gasteiger partial charge in [0, 0.05) is 56.5 Å². The van der Waals surface area contributed by atoms with Crippen LogP contribution in [0.25, 0.3) is 22.2 Å². The smallest absolute Gasteiger partial charge is 0.379 e. The molecular formula is C25H29F3N8O2. The second-order valence-corrected chi connectivity index (χ2v) is 9.58. The van der Waals surface area contributed by atoms with Crippen molar-refractivity contribution in [1.29, 1.82) is 0 Å². The Kier molecular flexibility index (Phi) is 7.07. The number of hydrogen-bond acceptors (Lipinski definition) is 7. The molecule has 13 heteroatoms. The molecule has 2 saturated heterocycles. The quantitative estimate of drug-likeness (QED) is 0.210. The van der Waals surface area contributed by atoms with Crippen LogP contribution in [0.2, 0.25) is 0 Å². The third kappa shape index (κ3) is 5.08. The molecule has 1 amide bonds. The number of amides is 1. The first-order valence-corrected chi connectivity index (χ1v) is 12.2. The molecule has 4 heterocycles. The first-order valence-electron chi connectivity index (χ1n) is 12.2. The molecule has 0 radical (unpaired) electrons. The summed E-state index contributed by atoms with van der Waals surface area (Å²) < 4.78 is 47.2. The molecule has 0 saturated carbocycles. The summed E-state index contributed by atoms with van der Waals surface area (Å²) in [5, 5.41) is 10.4. The van der Waals surface area contributed by atoms with E-state index in [4.69, 9.17) is 4.74 Å². The van der Waals surface area contributed by atoms with Gasteiger partial charge in [0.05, 0.1) is 31.0 Å². The summed E-state index contributed by atoms with van der Waals surface area (Å²) in [6, 6.07) is 8.68. The van der Waals surface area contributed by atoms with Crippen molar-refractivity contribution in [3.63, 3.8) is 0 Å². The number of alkyl halides is 3. The number of aromatic amines is 1. The number of halogens is 3. The van der Waals surface area contributed by atoms with Gasteiger partial charge in [-0.3, -0.25) is 19.8 Å². The molecule has 38 heavy (non-hydrogen) atoms. The Hall–Kier alpha value is -3.55. The fraction of sp³-hybridized carbons (Fsp3) is 0.440. The highest BCUT2D eigenvalue weighted by atomic mass is 19.4. The Morgan fingerprint density at radius 2 is 2.11 bits per heavy atom. The Morgan fingerprint density at radius 1 is 1.29 bits per heavy atom. The van der Waals surface area contributed by atoms with Gasteiger partial charge in [-0.15, -0.1) is 0 Å². The Bertz CT molecular complexity index is 1370. The number of carbonyl (C=O) groups is 1. The number of ether oxygens (including phenoxy) is 1. The highest BCUT2D eigenvalue weighted by Gasteiger charge is 2.42. The van der Waals surface area contributed by atoms with Gasteiger partial charge in [0.2, 0.25) is 5.91 Å². The van der Waals surface area contributed by atoms with E-state index < -0.39 is 11.9 Å². The summed E-state index contributed by atoms with van der Waals surface area (Å²) in [6.07, 6.45) is -4.03. The summed E-state index contributed by atoms with van der Waals surface area (Å²) in [6.45, 7) is 2.13. The molecule has 10 nitrogen and oxygen atoms in total. The average Bonchev–Trinajstić information content (AvgIpc) is 3.30. The predicted molar refractivity (Wildman–Crippen MR) is 135 cm³/mol. The molecule has 0 spiro atoms. The maximum absolute atomic E-state index is 13.9. The molecule has 202 valence electrons. The van der Waals surface area contributed by atoms with Crippen LogP contribution < -0.4 is 16.2 Å². The predicted octanol–water partition coefficient (Wildman–Crippen LogP) is 1.99. The molecule has 0 bridgehead atoms. The minimum absolute atomic E-state index is 0.0908. The van der Waals surface area contributed by atoms with Gasteiger partial charge in [-0.2, -0.15) is 18.3 Å². The fourth-order valence-corrected chi connectivity index (χ4v) is 4.96. The van der Waals surface area contributed by atoms with Crippen LogP contribution in [0.1, 0.15) is 23.4 Å². The van der Waals surface area contributed by atoms with Gasteiger partial charge in [0.25, 0.3) is 0 Å². The Balaban J connectivity index is 1.54. The first-order chi connectivity index (χ1) is 18.2. The van der Waals surface area contributed by atoms with E-state index in [2.05, 4.69) is 36.3 Å². The third-order valence-electron chi connectivity index (χ3n) is 6.96. The molecule has 2 aromatic heterocycles. The number of amidine groups is 1. The lowest BCUT2D eigenvalue weighted by Crippen LogP contribution is -2.51. The van der Waals surface area contributed by atoms with Gasteiger partial charge >= 0.3 is 6.18 Å². The minimum Gasteiger partial charge on any atom is -0.379 e. The molecule has 2 aliphatic heterocycles. The number of aromatic nitrogens is 3. The topological polar surface area (TPSA) is 120 Å². The second-order valence-electron chi connectivity index (χ2n) is 9.58. The normalized spacial score (nSPS) is 18.3. The number of rotatable bonds is 7. The third-order valence-corrected chi connectivity index (χ3v) is 6.96. The van der Waals surface area contributed by atoms with Gasteiger partial charge in [-0.05, 0) is 17.7 Å². The highest BCUT2D eigenvalue weighted by molar-refractivity contribution is 5.94. The van der Waals surface area contributed by atoms with Gasteiger partial charge in [-0.25, -0.2) is 10.4 Å². The van der Waals surface area contributed by atoms with Crippen LogP contribution in [0, 0.1) is 0 Å². The van der Waals surface area contributed by atoms with E-state index in [-0.39, 0.29) is 30.1 Å². The zero-order chi connectivity index (χ0) is 26.9. The summed E-state index contributed by atoms with van der Waals surface area (Å²) in [5.74, 6) is 0.597. The zero-order valence-electron chi connectivity index (χ0n) is 21.1. The van der Waals surface area contributed by atoms with Crippen molar-refractivity contribution in [2.45, 2.75) is 24.6 Å². The van der Waals surface area contributed by atoms with E-state index in [1.807, 2.05) is 24.3 Å². The zero-order valence-corrected chi connectivity index (χ0v) is 21.1. The second kappa shape index (κ2) is 10.3. The van der Waals surface area contributed by atoms with Crippen LogP contribution in [-0.2, 0) is 27.7 Å². The number of nitrogens with one attached hydrogen (secondary N) is 4. The van der Waals surface area contributed by atoms with Crippen LogP contribution >= 0.6 is 0 Å². The van der Waals surface area contributed by atoms with E-state index in [9.17, 15) is 18.0 Å². The molecule has 2 aliphatic rings. The molecule has 4 N–H and O–H groups in total. The van der Waals surface area contributed by atoms with Crippen LogP contribution in [0.4, 0.5) is 13.2 Å². The Morgan fingerprint density at radius 3 is 2.76 bits per heavy atom. The van der Waals surface area contributed by atoms with Crippen molar-refractivity contribution >= 4 is 22.6 Å². The van der Waals surface area contributed by atoms with E-state index >= 15 is 0 Å². The number of H-pyrrole nitrogens is 1. The number of aliphatic imine (C=N–C) groups is 1. The van der Waals surface area contributed by atoms with Crippen molar-refractivity contribution in [2.24, 2.45) is 4.99 Å². The molecule has 0 unspecified atom stereocenters. The van der Waals surface area contributed by atoms with E-state index in [1.54, 1.807) is 19.0 Å². The maximum Gasteiger partial charge on any atom is 0.433 e.